The topological polar surface area (TPSA) is 46.3 Å². The molecule has 0 saturated carbocycles. The molecule has 108 valence electrons. The second-order valence-corrected chi connectivity index (χ2v) is 5.88. The molecule has 0 aliphatic carbocycles. The van der Waals surface area contributed by atoms with Crippen molar-refractivity contribution in [2.24, 2.45) is 0 Å². The van der Waals surface area contributed by atoms with Gasteiger partial charge in [0.1, 0.15) is 5.82 Å². The number of carbonyl (C=O) groups is 1. The van der Waals surface area contributed by atoms with Crippen molar-refractivity contribution in [1.82, 2.24) is 0 Å². The van der Waals surface area contributed by atoms with E-state index in [9.17, 15) is 9.18 Å². The monoisotopic (exact) mass is 348 g/mol. The molecule has 0 saturated heterocycles. The number of fused-ring (bicyclic) bond motifs is 1. The first kappa shape index (κ1) is 14.1. The highest BCUT2D eigenvalue weighted by molar-refractivity contribution is 9.10. The maximum atomic E-state index is 13.4. The Hall–Kier alpha value is -1.88. The molecule has 0 radical (unpaired) electrons. The van der Waals surface area contributed by atoms with E-state index in [4.69, 9.17) is 5.73 Å². The molecule has 1 aliphatic heterocycles. The van der Waals surface area contributed by atoms with E-state index >= 15 is 0 Å². The molecule has 0 fully saturated rings. The van der Waals surface area contributed by atoms with Crippen LogP contribution < -0.4 is 10.6 Å². The number of hydrogen-bond acceptors (Lipinski definition) is 2. The van der Waals surface area contributed by atoms with E-state index in [2.05, 4.69) is 15.9 Å². The van der Waals surface area contributed by atoms with Crippen LogP contribution >= 0.6 is 15.9 Å². The van der Waals surface area contributed by atoms with Crippen molar-refractivity contribution >= 4 is 33.2 Å². The number of nitrogens with zero attached hydrogens (tertiary/aromatic N) is 1. The van der Waals surface area contributed by atoms with Gasteiger partial charge in [0.05, 0.1) is 5.56 Å². The third-order valence-electron chi connectivity index (χ3n) is 3.69. The van der Waals surface area contributed by atoms with Crippen LogP contribution in [0.2, 0.25) is 0 Å². The lowest BCUT2D eigenvalue weighted by molar-refractivity contribution is 0.0984. The van der Waals surface area contributed by atoms with E-state index in [1.165, 1.54) is 12.1 Å². The van der Waals surface area contributed by atoms with Crippen LogP contribution in [0.15, 0.2) is 40.9 Å². The Morgan fingerprint density at radius 1 is 1.29 bits per heavy atom. The molecular weight excluding hydrogens is 335 g/mol. The molecule has 0 bridgehead atoms. The molecule has 5 heteroatoms. The predicted octanol–water partition coefficient (Wildman–Crippen LogP) is 3.76. The molecule has 0 unspecified atom stereocenters. The normalized spacial score (nSPS) is 13.9. The van der Waals surface area contributed by atoms with Crippen LogP contribution in [0.1, 0.15) is 22.3 Å². The molecule has 0 atom stereocenters. The molecule has 3 nitrogen and oxygen atoms in total. The maximum absolute atomic E-state index is 13.4. The summed E-state index contributed by atoms with van der Waals surface area (Å²) < 4.78 is 14.0. The summed E-state index contributed by atoms with van der Waals surface area (Å²) in [5.41, 5.74) is 8.82. The lowest BCUT2D eigenvalue weighted by Gasteiger charge is -2.30. The van der Waals surface area contributed by atoms with Crippen molar-refractivity contribution in [3.8, 4) is 0 Å². The fourth-order valence-electron chi connectivity index (χ4n) is 2.67. The van der Waals surface area contributed by atoms with E-state index in [1.807, 2.05) is 18.2 Å². The van der Waals surface area contributed by atoms with Gasteiger partial charge in [0, 0.05) is 22.4 Å². The lowest BCUT2D eigenvalue weighted by atomic mass is 9.99. The molecule has 2 N–H and O–H groups in total. The highest BCUT2D eigenvalue weighted by atomic mass is 79.9. The summed E-state index contributed by atoms with van der Waals surface area (Å²) in [4.78, 5) is 14.4. The van der Waals surface area contributed by atoms with Crippen LogP contribution in [0, 0.1) is 5.82 Å². The molecule has 21 heavy (non-hydrogen) atoms. The van der Waals surface area contributed by atoms with Gasteiger partial charge in [-0.15, -0.1) is 0 Å². The second-order valence-electron chi connectivity index (χ2n) is 5.03. The number of benzene rings is 2. The fraction of sp³-hybridized carbons (Fsp3) is 0.188. The Labute approximate surface area is 130 Å². The molecule has 0 spiro atoms. The third kappa shape index (κ3) is 2.53. The Morgan fingerprint density at radius 3 is 2.90 bits per heavy atom. The van der Waals surface area contributed by atoms with Crippen LogP contribution in [-0.2, 0) is 6.42 Å². The SMILES string of the molecule is Nc1cccc2c1CCCN2C(=O)c1cc(F)ccc1Br. The number of carbonyl (C=O) groups excluding carboxylic acids is 1. The second kappa shape index (κ2) is 5.48. The number of rotatable bonds is 1. The van der Waals surface area contributed by atoms with Gasteiger partial charge in [-0.25, -0.2) is 4.39 Å². The molecule has 3 rings (SSSR count). The molecule has 1 aliphatic rings. The maximum Gasteiger partial charge on any atom is 0.259 e. The number of anilines is 2. The predicted molar refractivity (Wildman–Crippen MR) is 85.0 cm³/mol. The van der Waals surface area contributed by atoms with E-state index in [1.54, 1.807) is 11.0 Å². The summed E-state index contributed by atoms with van der Waals surface area (Å²) in [5.74, 6) is -0.640. The molecule has 1 amide bonds. The largest absolute Gasteiger partial charge is 0.398 e. The summed E-state index contributed by atoms with van der Waals surface area (Å²) in [6.07, 6.45) is 1.70. The Balaban J connectivity index is 2.04. The van der Waals surface area contributed by atoms with Gasteiger partial charge >= 0.3 is 0 Å². The number of halogens is 2. The fourth-order valence-corrected chi connectivity index (χ4v) is 3.09. The Kier molecular flexibility index (Phi) is 3.68. The van der Waals surface area contributed by atoms with Gasteiger partial charge in [-0.1, -0.05) is 6.07 Å². The highest BCUT2D eigenvalue weighted by Gasteiger charge is 2.26. The summed E-state index contributed by atoms with van der Waals surface area (Å²) >= 11 is 3.31. The molecular formula is C16H14BrFN2O. The average molecular weight is 349 g/mol. The summed E-state index contributed by atoms with van der Waals surface area (Å²) in [7, 11) is 0. The smallest absolute Gasteiger partial charge is 0.259 e. The summed E-state index contributed by atoms with van der Waals surface area (Å²) in [6, 6.07) is 9.68. The van der Waals surface area contributed by atoms with E-state index in [-0.39, 0.29) is 5.91 Å². The van der Waals surface area contributed by atoms with Crippen molar-refractivity contribution in [2.75, 3.05) is 17.2 Å². The van der Waals surface area contributed by atoms with Crippen molar-refractivity contribution in [1.29, 1.82) is 0 Å². The van der Waals surface area contributed by atoms with Crippen molar-refractivity contribution in [3.05, 3.63) is 57.8 Å². The van der Waals surface area contributed by atoms with Crippen LogP contribution in [-0.4, -0.2) is 12.5 Å². The van der Waals surface area contributed by atoms with Crippen LogP contribution in [0.25, 0.3) is 0 Å². The van der Waals surface area contributed by atoms with Gasteiger partial charge in [0.15, 0.2) is 0 Å². The first-order valence-corrected chi connectivity index (χ1v) is 7.51. The van der Waals surface area contributed by atoms with Gasteiger partial charge < -0.3 is 10.6 Å². The molecule has 1 heterocycles. The summed E-state index contributed by atoms with van der Waals surface area (Å²) in [5, 5.41) is 0. The van der Waals surface area contributed by atoms with E-state index in [0.29, 0.717) is 22.3 Å². The number of nitrogens with two attached hydrogens (primary N) is 1. The van der Waals surface area contributed by atoms with Crippen molar-refractivity contribution in [2.45, 2.75) is 12.8 Å². The lowest BCUT2D eigenvalue weighted by Crippen LogP contribution is -2.36. The van der Waals surface area contributed by atoms with Gasteiger partial charge in [-0.2, -0.15) is 0 Å². The number of amides is 1. The summed E-state index contributed by atoms with van der Waals surface area (Å²) in [6.45, 7) is 0.609. The van der Waals surface area contributed by atoms with Gasteiger partial charge in [-0.05, 0) is 64.7 Å². The van der Waals surface area contributed by atoms with Crippen molar-refractivity contribution in [3.63, 3.8) is 0 Å². The van der Waals surface area contributed by atoms with Crippen LogP contribution in [0.4, 0.5) is 15.8 Å². The highest BCUT2D eigenvalue weighted by Crippen LogP contribution is 2.33. The van der Waals surface area contributed by atoms with Crippen LogP contribution in [0.5, 0.6) is 0 Å². The molecule has 2 aromatic rings. The first-order valence-electron chi connectivity index (χ1n) is 6.72. The Morgan fingerprint density at radius 2 is 2.10 bits per heavy atom. The standard InChI is InChI=1S/C16H14BrFN2O/c17-13-7-6-10(18)9-12(13)16(21)20-8-2-3-11-14(19)4-1-5-15(11)20/h1,4-7,9H,2-3,8,19H2. The average Bonchev–Trinajstić information content (AvgIpc) is 2.49. The third-order valence-corrected chi connectivity index (χ3v) is 4.38. The van der Waals surface area contributed by atoms with Crippen molar-refractivity contribution < 1.29 is 9.18 Å². The zero-order chi connectivity index (χ0) is 15.0. The first-order chi connectivity index (χ1) is 10.1. The minimum Gasteiger partial charge on any atom is -0.398 e. The van der Waals surface area contributed by atoms with Gasteiger partial charge in [0.2, 0.25) is 0 Å². The van der Waals surface area contributed by atoms with E-state index < -0.39 is 5.82 Å². The zero-order valence-electron chi connectivity index (χ0n) is 11.3. The molecule has 0 aromatic heterocycles. The van der Waals surface area contributed by atoms with Crippen LogP contribution in [0.3, 0.4) is 0 Å². The number of hydrogen-bond donors (Lipinski definition) is 1. The molecule has 2 aromatic carbocycles. The minimum atomic E-state index is -0.425. The Bertz CT molecular complexity index is 717. The quantitative estimate of drug-likeness (QED) is 0.797. The van der Waals surface area contributed by atoms with Gasteiger partial charge in [0.25, 0.3) is 5.91 Å². The number of nitrogen functional groups attached to an aromatic ring is 1. The zero-order valence-corrected chi connectivity index (χ0v) is 12.9. The van der Waals surface area contributed by atoms with E-state index in [0.717, 1.165) is 24.1 Å². The minimum absolute atomic E-state index is 0.215. The van der Waals surface area contributed by atoms with Gasteiger partial charge in [-0.3, -0.25) is 4.79 Å².